The minimum absolute atomic E-state index is 0.146. The molecule has 1 N–H and O–H groups in total. The minimum atomic E-state index is -0.292. The summed E-state index contributed by atoms with van der Waals surface area (Å²) in [6, 6.07) is 0.245. The van der Waals surface area contributed by atoms with Gasteiger partial charge in [-0.25, -0.2) is 0 Å². The molecule has 0 aromatic carbocycles. The van der Waals surface area contributed by atoms with Crippen LogP contribution in [0.25, 0.3) is 0 Å². The lowest BCUT2D eigenvalue weighted by Gasteiger charge is -2.36. The maximum Gasteiger partial charge on any atom is 0.225 e. The quantitative estimate of drug-likeness (QED) is 0.348. The van der Waals surface area contributed by atoms with Crippen LogP contribution in [0.1, 0.15) is 125 Å². The second-order valence-electron chi connectivity index (χ2n) is 10.1. The van der Waals surface area contributed by atoms with Crippen LogP contribution in [0.5, 0.6) is 0 Å². The molecule has 1 atom stereocenters. The maximum atomic E-state index is 13.4. The highest BCUT2D eigenvalue weighted by atomic mass is 16.2. The van der Waals surface area contributed by atoms with Gasteiger partial charge in [-0.2, -0.15) is 0 Å². The van der Waals surface area contributed by atoms with E-state index in [0.29, 0.717) is 5.78 Å². The smallest absolute Gasteiger partial charge is 0.225 e. The Bertz CT molecular complexity index is 477. The van der Waals surface area contributed by atoms with Gasteiger partial charge in [-0.15, -0.1) is 0 Å². The van der Waals surface area contributed by atoms with E-state index in [4.69, 9.17) is 0 Å². The fourth-order valence-corrected chi connectivity index (χ4v) is 4.98. The molecule has 0 aliphatic heterocycles. The fourth-order valence-electron chi connectivity index (χ4n) is 4.98. The molecule has 0 heterocycles. The van der Waals surface area contributed by atoms with Crippen molar-refractivity contribution in [3.63, 3.8) is 0 Å². The van der Waals surface area contributed by atoms with Crippen molar-refractivity contribution >= 4 is 11.7 Å². The molecule has 0 radical (unpaired) electrons. The number of Topliss-reactive ketones (excluding diaryl/α,β-unsaturated/α-hetero) is 1. The SMILES string of the molecule is CCCCCCC(C)(CCC)C(=O)C1CCC(NC(=O)C(C)(C)CCC)CC1. The molecule has 1 amide bonds. The van der Waals surface area contributed by atoms with Gasteiger partial charge in [0.15, 0.2) is 0 Å². The summed E-state index contributed by atoms with van der Waals surface area (Å²) >= 11 is 0. The third kappa shape index (κ3) is 7.52. The van der Waals surface area contributed by atoms with Crippen LogP contribution in [-0.2, 0) is 9.59 Å². The van der Waals surface area contributed by atoms with Gasteiger partial charge in [-0.05, 0) is 44.9 Å². The number of hydrogen-bond acceptors (Lipinski definition) is 2. The van der Waals surface area contributed by atoms with Crippen LogP contribution < -0.4 is 5.32 Å². The summed E-state index contributed by atoms with van der Waals surface area (Å²) in [6.45, 7) is 12.8. The molecular weight excluding hydrogens is 346 g/mol. The van der Waals surface area contributed by atoms with Crippen molar-refractivity contribution in [1.82, 2.24) is 5.32 Å². The van der Waals surface area contributed by atoms with Crippen molar-refractivity contribution in [1.29, 1.82) is 0 Å². The molecule has 3 nitrogen and oxygen atoms in total. The monoisotopic (exact) mass is 393 g/mol. The molecule has 0 bridgehead atoms. The number of ketones is 1. The molecule has 0 spiro atoms. The minimum Gasteiger partial charge on any atom is -0.353 e. The van der Waals surface area contributed by atoms with E-state index in [1.165, 1.54) is 25.7 Å². The van der Waals surface area contributed by atoms with Crippen molar-refractivity contribution in [2.24, 2.45) is 16.7 Å². The molecule has 0 aromatic rings. The van der Waals surface area contributed by atoms with Crippen molar-refractivity contribution in [3.05, 3.63) is 0 Å². The summed E-state index contributed by atoms with van der Waals surface area (Å²) in [6.07, 6.45) is 13.8. The summed E-state index contributed by atoms with van der Waals surface area (Å²) in [5, 5.41) is 3.27. The fraction of sp³-hybridized carbons (Fsp3) is 0.920. The summed E-state index contributed by atoms with van der Waals surface area (Å²) in [5.41, 5.74) is -0.439. The Morgan fingerprint density at radius 1 is 0.786 bits per heavy atom. The van der Waals surface area contributed by atoms with Gasteiger partial charge in [-0.3, -0.25) is 9.59 Å². The Morgan fingerprint density at radius 3 is 1.93 bits per heavy atom. The van der Waals surface area contributed by atoms with Crippen LogP contribution in [0.15, 0.2) is 0 Å². The van der Waals surface area contributed by atoms with Gasteiger partial charge in [0.25, 0.3) is 0 Å². The van der Waals surface area contributed by atoms with Gasteiger partial charge in [0.2, 0.25) is 5.91 Å². The van der Waals surface area contributed by atoms with Gasteiger partial charge in [0.1, 0.15) is 5.78 Å². The van der Waals surface area contributed by atoms with Crippen molar-refractivity contribution in [3.8, 4) is 0 Å². The molecule has 164 valence electrons. The van der Waals surface area contributed by atoms with Crippen molar-refractivity contribution < 1.29 is 9.59 Å². The zero-order valence-electron chi connectivity index (χ0n) is 19.7. The van der Waals surface area contributed by atoms with Crippen molar-refractivity contribution in [2.45, 2.75) is 131 Å². The number of carbonyl (C=O) groups excluding carboxylic acids is 2. The maximum absolute atomic E-state index is 13.4. The highest BCUT2D eigenvalue weighted by molar-refractivity contribution is 5.87. The van der Waals surface area contributed by atoms with Crippen LogP contribution >= 0.6 is 0 Å². The van der Waals surface area contributed by atoms with Crippen LogP contribution in [0.2, 0.25) is 0 Å². The Morgan fingerprint density at radius 2 is 1.39 bits per heavy atom. The number of amides is 1. The van der Waals surface area contributed by atoms with Crippen molar-refractivity contribution in [2.75, 3.05) is 0 Å². The number of unbranched alkanes of at least 4 members (excludes halogenated alkanes) is 3. The van der Waals surface area contributed by atoms with Gasteiger partial charge in [0.05, 0.1) is 0 Å². The van der Waals surface area contributed by atoms with Gasteiger partial charge >= 0.3 is 0 Å². The second-order valence-corrected chi connectivity index (χ2v) is 10.1. The van der Waals surface area contributed by atoms with E-state index >= 15 is 0 Å². The number of nitrogens with one attached hydrogen (secondary N) is 1. The average molecular weight is 394 g/mol. The lowest BCUT2D eigenvalue weighted by molar-refractivity contribution is -0.134. The number of rotatable bonds is 13. The summed E-state index contributed by atoms with van der Waals surface area (Å²) in [5.74, 6) is 0.873. The Kier molecular flexibility index (Phi) is 10.8. The topological polar surface area (TPSA) is 46.2 Å². The van der Waals surface area contributed by atoms with E-state index in [1.54, 1.807) is 0 Å². The first kappa shape index (κ1) is 25.2. The molecule has 1 aliphatic carbocycles. The van der Waals surface area contributed by atoms with Gasteiger partial charge in [0, 0.05) is 22.8 Å². The van der Waals surface area contributed by atoms with E-state index < -0.39 is 0 Å². The largest absolute Gasteiger partial charge is 0.353 e. The highest BCUT2D eigenvalue weighted by Crippen LogP contribution is 2.38. The first-order chi connectivity index (χ1) is 13.2. The predicted octanol–water partition coefficient (Wildman–Crippen LogP) is 6.83. The molecule has 0 saturated heterocycles. The molecule has 3 heteroatoms. The molecule has 1 rings (SSSR count). The Hall–Kier alpha value is -0.860. The van der Waals surface area contributed by atoms with E-state index in [1.807, 2.05) is 13.8 Å². The third-order valence-corrected chi connectivity index (χ3v) is 6.90. The highest BCUT2D eigenvalue weighted by Gasteiger charge is 2.38. The first-order valence-electron chi connectivity index (χ1n) is 12.1. The third-order valence-electron chi connectivity index (χ3n) is 6.90. The number of hydrogen-bond donors (Lipinski definition) is 1. The van der Waals surface area contributed by atoms with E-state index in [0.717, 1.165) is 57.8 Å². The molecule has 1 aliphatic rings. The molecular formula is C25H47NO2. The first-order valence-corrected chi connectivity index (χ1v) is 12.1. The van der Waals surface area contributed by atoms with Crippen LogP contribution in [-0.4, -0.2) is 17.7 Å². The van der Waals surface area contributed by atoms with Crippen LogP contribution in [0.3, 0.4) is 0 Å². The van der Waals surface area contributed by atoms with Crippen LogP contribution in [0, 0.1) is 16.7 Å². The lowest BCUT2D eigenvalue weighted by atomic mass is 9.69. The van der Waals surface area contributed by atoms with E-state index in [9.17, 15) is 9.59 Å². The van der Waals surface area contributed by atoms with E-state index in [-0.39, 0.29) is 28.7 Å². The molecule has 1 unspecified atom stereocenters. The summed E-state index contributed by atoms with van der Waals surface area (Å²) in [4.78, 5) is 25.9. The average Bonchev–Trinajstić information content (AvgIpc) is 2.65. The Balaban J connectivity index is 2.57. The van der Waals surface area contributed by atoms with Gasteiger partial charge in [-0.1, -0.05) is 80.1 Å². The zero-order chi connectivity index (χ0) is 21.2. The molecule has 0 aromatic heterocycles. The number of carbonyl (C=O) groups is 2. The predicted molar refractivity (Wildman–Crippen MR) is 119 cm³/mol. The second kappa shape index (κ2) is 12.0. The molecule has 1 fully saturated rings. The van der Waals surface area contributed by atoms with E-state index in [2.05, 4.69) is 33.0 Å². The normalized spacial score (nSPS) is 22.5. The molecule has 28 heavy (non-hydrogen) atoms. The Labute approximate surface area is 174 Å². The summed E-state index contributed by atoms with van der Waals surface area (Å²) in [7, 11) is 0. The standard InChI is InChI=1S/C25H47NO2/c1-7-10-11-12-19-25(6,18-9-3)22(27)20-13-15-21(16-14-20)26-23(28)24(4,5)17-8-2/h20-21H,7-19H2,1-6H3,(H,26,28). The lowest BCUT2D eigenvalue weighted by Crippen LogP contribution is -2.45. The zero-order valence-corrected chi connectivity index (χ0v) is 19.7. The van der Waals surface area contributed by atoms with Gasteiger partial charge < -0.3 is 5.32 Å². The van der Waals surface area contributed by atoms with Crippen LogP contribution in [0.4, 0.5) is 0 Å². The molecule has 1 saturated carbocycles. The summed E-state index contributed by atoms with van der Waals surface area (Å²) < 4.78 is 0.